The Hall–Kier alpha value is -0.610. The monoisotopic (exact) mass is 279 g/mol. The number of nitrogens with one attached hydrogen (secondary N) is 2. The lowest BCUT2D eigenvalue weighted by Crippen LogP contribution is -2.52. The third-order valence-electron chi connectivity index (χ3n) is 5.69. The minimum atomic E-state index is -0.0912. The number of piperidine rings is 1. The molecule has 1 amide bonds. The summed E-state index contributed by atoms with van der Waals surface area (Å²) >= 11 is 0. The summed E-state index contributed by atoms with van der Waals surface area (Å²) in [5.74, 6) is 0.347. The number of carbonyl (C=O) groups excluding carboxylic acids is 1. The van der Waals surface area contributed by atoms with Crippen molar-refractivity contribution in [1.82, 2.24) is 15.5 Å². The van der Waals surface area contributed by atoms with Crippen LogP contribution in [0.25, 0.3) is 0 Å². The fourth-order valence-corrected chi connectivity index (χ4v) is 4.55. The fraction of sp³-hybridized carbons (Fsp3) is 0.938. The molecule has 0 bridgehead atoms. The zero-order chi connectivity index (χ0) is 14.0. The van der Waals surface area contributed by atoms with Gasteiger partial charge in [0.05, 0.1) is 5.41 Å². The maximum Gasteiger partial charge on any atom is 0.226 e. The van der Waals surface area contributed by atoms with E-state index in [9.17, 15) is 4.79 Å². The highest BCUT2D eigenvalue weighted by Crippen LogP contribution is 2.35. The number of hydrogen-bond acceptors (Lipinski definition) is 3. The molecule has 4 heteroatoms. The summed E-state index contributed by atoms with van der Waals surface area (Å²) in [6.07, 6.45) is 7.89. The molecule has 2 N–H and O–H groups in total. The van der Waals surface area contributed by atoms with Crippen LogP contribution in [0.3, 0.4) is 0 Å². The molecule has 4 nitrogen and oxygen atoms in total. The van der Waals surface area contributed by atoms with Crippen molar-refractivity contribution in [2.75, 3.05) is 26.2 Å². The highest BCUT2D eigenvalue weighted by molar-refractivity contribution is 5.83. The highest BCUT2D eigenvalue weighted by atomic mass is 16.2. The van der Waals surface area contributed by atoms with Crippen LogP contribution in [-0.4, -0.2) is 49.1 Å². The summed E-state index contributed by atoms with van der Waals surface area (Å²) in [4.78, 5) is 15.5. The third kappa shape index (κ3) is 2.60. The predicted molar refractivity (Wildman–Crippen MR) is 80.6 cm³/mol. The van der Waals surface area contributed by atoms with Crippen LogP contribution < -0.4 is 10.6 Å². The van der Waals surface area contributed by atoms with Gasteiger partial charge in [-0.15, -0.1) is 0 Å². The van der Waals surface area contributed by atoms with E-state index in [2.05, 4.69) is 22.5 Å². The van der Waals surface area contributed by atoms with Gasteiger partial charge in [-0.25, -0.2) is 0 Å². The minimum absolute atomic E-state index is 0.0912. The minimum Gasteiger partial charge on any atom is -0.351 e. The first-order valence-corrected chi connectivity index (χ1v) is 8.51. The Balaban J connectivity index is 1.64. The zero-order valence-corrected chi connectivity index (χ0v) is 12.8. The van der Waals surface area contributed by atoms with Crippen molar-refractivity contribution in [3.63, 3.8) is 0 Å². The third-order valence-corrected chi connectivity index (χ3v) is 5.69. The van der Waals surface area contributed by atoms with Gasteiger partial charge in [-0.1, -0.05) is 13.3 Å². The number of hydrogen-bond donors (Lipinski definition) is 2. The molecule has 3 rings (SSSR count). The van der Waals surface area contributed by atoms with Gasteiger partial charge in [0.25, 0.3) is 0 Å². The van der Waals surface area contributed by atoms with E-state index in [1.807, 2.05) is 0 Å². The van der Waals surface area contributed by atoms with Crippen molar-refractivity contribution in [2.45, 2.75) is 64.0 Å². The molecule has 3 fully saturated rings. The number of rotatable bonds is 4. The van der Waals surface area contributed by atoms with Gasteiger partial charge in [0.2, 0.25) is 5.91 Å². The molecule has 2 unspecified atom stereocenters. The molecule has 0 aliphatic carbocycles. The van der Waals surface area contributed by atoms with E-state index in [1.165, 1.54) is 25.9 Å². The molecule has 3 aliphatic heterocycles. The Morgan fingerprint density at radius 2 is 2.10 bits per heavy atom. The SMILES string of the molecule is CCCC1(C(=O)NC2CCN3CCCC23)CCNCC1. The molecule has 0 aromatic rings. The zero-order valence-electron chi connectivity index (χ0n) is 12.8. The Bertz CT molecular complexity index is 346. The molecule has 0 aromatic carbocycles. The summed E-state index contributed by atoms with van der Waals surface area (Å²) in [5.41, 5.74) is -0.0912. The smallest absolute Gasteiger partial charge is 0.226 e. The van der Waals surface area contributed by atoms with Crippen LogP contribution in [0.5, 0.6) is 0 Å². The standard InChI is InChI=1S/C16H29N3O/c1-2-6-16(7-9-17-10-8-16)15(20)18-13-5-12-19-11-3-4-14(13)19/h13-14,17H,2-12H2,1H3,(H,18,20). The molecule has 20 heavy (non-hydrogen) atoms. The molecule has 0 spiro atoms. The van der Waals surface area contributed by atoms with Crippen molar-refractivity contribution < 1.29 is 4.79 Å². The summed E-state index contributed by atoms with van der Waals surface area (Å²) in [6.45, 7) is 6.60. The number of carbonyl (C=O) groups is 1. The van der Waals surface area contributed by atoms with Crippen molar-refractivity contribution in [3.8, 4) is 0 Å². The maximum absolute atomic E-state index is 12.9. The van der Waals surface area contributed by atoms with Gasteiger partial charge in [-0.05, 0) is 58.2 Å². The quantitative estimate of drug-likeness (QED) is 0.820. The Morgan fingerprint density at radius 1 is 1.30 bits per heavy atom. The largest absolute Gasteiger partial charge is 0.351 e. The van der Waals surface area contributed by atoms with E-state index in [0.717, 1.165) is 45.2 Å². The van der Waals surface area contributed by atoms with Gasteiger partial charge in [-0.2, -0.15) is 0 Å². The van der Waals surface area contributed by atoms with Crippen molar-refractivity contribution >= 4 is 5.91 Å². The second-order valence-electron chi connectivity index (χ2n) is 6.89. The summed E-state index contributed by atoms with van der Waals surface area (Å²) < 4.78 is 0. The normalized spacial score (nSPS) is 33.0. The van der Waals surface area contributed by atoms with Crippen molar-refractivity contribution in [3.05, 3.63) is 0 Å². The van der Waals surface area contributed by atoms with Crippen LogP contribution in [0.1, 0.15) is 51.9 Å². The lowest BCUT2D eigenvalue weighted by molar-refractivity contribution is -0.134. The second kappa shape index (κ2) is 6.02. The molecule has 114 valence electrons. The molecule has 0 saturated carbocycles. The molecule has 0 aromatic heterocycles. The maximum atomic E-state index is 12.9. The van der Waals surface area contributed by atoms with Crippen LogP contribution in [0.15, 0.2) is 0 Å². The second-order valence-corrected chi connectivity index (χ2v) is 6.89. The van der Waals surface area contributed by atoms with Crippen LogP contribution in [0, 0.1) is 5.41 Å². The summed E-state index contributed by atoms with van der Waals surface area (Å²) in [5, 5.41) is 6.83. The first kappa shape index (κ1) is 14.3. The number of fused-ring (bicyclic) bond motifs is 1. The van der Waals surface area contributed by atoms with Gasteiger partial charge < -0.3 is 10.6 Å². The molecular weight excluding hydrogens is 250 g/mol. The van der Waals surface area contributed by atoms with E-state index in [-0.39, 0.29) is 5.41 Å². The van der Waals surface area contributed by atoms with E-state index < -0.39 is 0 Å². The molecule has 3 saturated heterocycles. The average Bonchev–Trinajstić information content (AvgIpc) is 3.05. The van der Waals surface area contributed by atoms with E-state index in [0.29, 0.717) is 18.0 Å². The van der Waals surface area contributed by atoms with Crippen LogP contribution in [0.2, 0.25) is 0 Å². The Kier molecular flexibility index (Phi) is 4.32. The Morgan fingerprint density at radius 3 is 2.85 bits per heavy atom. The summed E-state index contributed by atoms with van der Waals surface area (Å²) in [6, 6.07) is 1.04. The fourth-order valence-electron chi connectivity index (χ4n) is 4.55. The molecule has 3 heterocycles. The van der Waals surface area contributed by atoms with Gasteiger partial charge in [-0.3, -0.25) is 9.69 Å². The molecule has 2 atom stereocenters. The first-order valence-electron chi connectivity index (χ1n) is 8.51. The lowest BCUT2D eigenvalue weighted by atomic mass is 9.74. The number of amides is 1. The molecular formula is C16H29N3O. The summed E-state index contributed by atoms with van der Waals surface area (Å²) in [7, 11) is 0. The van der Waals surface area contributed by atoms with Gasteiger partial charge >= 0.3 is 0 Å². The lowest BCUT2D eigenvalue weighted by Gasteiger charge is -2.37. The topological polar surface area (TPSA) is 44.4 Å². The average molecular weight is 279 g/mol. The van der Waals surface area contributed by atoms with Gasteiger partial charge in [0, 0.05) is 18.6 Å². The van der Waals surface area contributed by atoms with E-state index in [4.69, 9.17) is 0 Å². The molecule has 3 aliphatic rings. The van der Waals surface area contributed by atoms with Crippen LogP contribution >= 0.6 is 0 Å². The Labute approximate surface area is 122 Å². The van der Waals surface area contributed by atoms with E-state index >= 15 is 0 Å². The van der Waals surface area contributed by atoms with E-state index in [1.54, 1.807) is 0 Å². The van der Waals surface area contributed by atoms with Gasteiger partial charge in [0.15, 0.2) is 0 Å². The first-order chi connectivity index (χ1) is 9.75. The predicted octanol–water partition coefficient (Wildman–Crippen LogP) is 1.51. The van der Waals surface area contributed by atoms with Crippen LogP contribution in [-0.2, 0) is 4.79 Å². The molecule has 0 radical (unpaired) electrons. The van der Waals surface area contributed by atoms with Crippen molar-refractivity contribution in [2.24, 2.45) is 5.41 Å². The highest BCUT2D eigenvalue weighted by Gasteiger charge is 2.43. The number of nitrogens with zero attached hydrogens (tertiary/aromatic N) is 1. The van der Waals surface area contributed by atoms with Crippen molar-refractivity contribution in [1.29, 1.82) is 0 Å². The van der Waals surface area contributed by atoms with Crippen LogP contribution in [0.4, 0.5) is 0 Å². The van der Waals surface area contributed by atoms with Gasteiger partial charge in [0.1, 0.15) is 0 Å².